The van der Waals surface area contributed by atoms with Gasteiger partial charge in [-0.15, -0.1) is 11.3 Å². The molecule has 1 aliphatic heterocycles. The van der Waals surface area contributed by atoms with Crippen LogP contribution >= 0.6 is 34.5 Å². The van der Waals surface area contributed by atoms with Gasteiger partial charge in [0.05, 0.1) is 5.69 Å². The first kappa shape index (κ1) is 20.7. The van der Waals surface area contributed by atoms with E-state index in [0.29, 0.717) is 54.2 Å². The minimum absolute atomic E-state index is 0.115. The van der Waals surface area contributed by atoms with Gasteiger partial charge >= 0.3 is 6.03 Å². The van der Waals surface area contributed by atoms with Crippen LogP contribution in [0.3, 0.4) is 0 Å². The standard InChI is InChI=1S/C20H19Cl2N5O2S/c21-14-2-4-15(5-3-14)23-19(29)26-9-1-8-25(10-11-26)17(28)7-6-16-18(22)24-20-27(16)12-13-30-20/h2-7,12-13H,1,8-11H2,(H,23,29)/b7-6+. The molecule has 4 rings (SSSR count). The molecular formula is C20H19Cl2N5O2S. The monoisotopic (exact) mass is 463 g/mol. The maximum absolute atomic E-state index is 12.7. The topological polar surface area (TPSA) is 70.0 Å². The van der Waals surface area contributed by atoms with Crippen molar-refractivity contribution in [3.63, 3.8) is 0 Å². The molecule has 0 bridgehead atoms. The van der Waals surface area contributed by atoms with Crippen molar-refractivity contribution in [1.29, 1.82) is 0 Å². The molecule has 1 saturated heterocycles. The predicted molar refractivity (Wildman–Crippen MR) is 120 cm³/mol. The molecule has 0 saturated carbocycles. The molecule has 3 amide bonds. The van der Waals surface area contributed by atoms with Gasteiger partial charge in [-0.1, -0.05) is 23.2 Å². The Bertz CT molecular complexity index is 1090. The fourth-order valence-corrected chi connectivity index (χ4v) is 4.39. The van der Waals surface area contributed by atoms with Crippen LogP contribution in [-0.4, -0.2) is 57.3 Å². The van der Waals surface area contributed by atoms with Crippen molar-refractivity contribution in [3.05, 3.63) is 57.8 Å². The number of benzene rings is 1. The number of aromatic nitrogens is 2. The molecule has 0 aliphatic carbocycles. The number of carbonyl (C=O) groups is 2. The fraction of sp³-hybridized carbons (Fsp3) is 0.250. The molecular weight excluding hydrogens is 445 g/mol. The van der Waals surface area contributed by atoms with E-state index in [1.54, 1.807) is 40.1 Å². The highest BCUT2D eigenvalue weighted by Crippen LogP contribution is 2.22. The van der Waals surface area contributed by atoms with Gasteiger partial charge in [0.15, 0.2) is 10.1 Å². The zero-order chi connectivity index (χ0) is 21.1. The van der Waals surface area contributed by atoms with Crippen LogP contribution in [0, 0.1) is 0 Å². The number of nitrogens with zero attached hydrogens (tertiary/aromatic N) is 4. The third-order valence-electron chi connectivity index (χ3n) is 4.83. The maximum atomic E-state index is 12.7. The van der Waals surface area contributed by atoms with E-state index in [1.807, 2.05) is 16.0 Å². The highest BCUT2D eigenvalue weighted by atomic mass is 35.5. The average Bonchev–Trinajstić information content (AvgIpc) is 3.18. The van der Waals surface area contributed by atoms with Gasteiger partial charge < -0.3 is 15.1 Å². The molecule has 1 N–H and O–H groups in total. The van der Waals surface area contributed by atoms with Crippen LogP contribution in [0.2, 0.25) is 10.2 Å². The molecule has 0 radical (unpaired) electrons. The number of imidazole rings is 1. The van der Waals surface area contributed by atoms with Gasteiger partial charge in [-0.05, 0) is 36.8 Å². The van der Waals surface area contributed by atoms with Gasteiger partial charge in [0, 0.05) is 54.5 Å². The van der Waals surface area contributed by atoms with Gasteiger partial charge in [0.25, 0.3) is 0 Å². The second-order valence-corrected chi connectivity index (χ2v) is 8.45. The minimum atomic E-state index is -0.187. The first-order chi connectivity index (χ1) is 14.5. The first-order valence-corrected chi connectivity index (χ1v) is 11.0. The van der Waals surface area contributed by atoms with Crippen LogP contribution in [0.15, 0.2) is 41.9 Å². The zero-order valence-electron chi connectivity index (χ0n) is 15.9. The zero-order valence-corrected chi connectivity index (χ0v) is 18.3. The number of fused-ring (bicyclic) bond motifs is 1. The summed E-state index contributed by atoms with van der Waals surface area (Å²) in [6.07, 6.45) is 5.77. The summed E-state index contributed by atoms with van der Waals surface area (Å²) in [5, 5.41) is 5.76. The molecule has 156 valence electrons. The number of rotatable bonds is 3. The fourth-order valence-electron chi connectivity index (χ4n) is 3.26. The van der Waals surface area contributed by atoms with Crippen molar-refractivity contribution < 1.29 is 9.59 Å². The second kappa shape index (κ2) is 9.07. The summed E-state index contributed by atoms with van der Waals surface area (Å²) in [7, 11) is 0. The highest BCUT2D eigenvalue weighted by molar-refractivity contribution is 7.15. The lowest BCUT2D eigenvalue weighted by atomic mass is 10.3. The van der Waals surface area contributed by atoms with Gasteiger partial charge in [0.1, 0.15) is 0 Å². The lowest BCUT2D eigenvalue weighted by Gasteiger charge is -2.22. The van der Waals surface area contributed by atoms with Gasteiger partial charge in [0.2, 0.25) is 5.91 Å². The Hall–Kier alpha value is -2.55. The molecule has 0 atom stereocenters. The normalized spacial score (nSPS) is 15.0. The van der Waals surface area contributed by atoms with E-state index in [-0.39, 0.29) is 11.9 Å². The molecule has 1 aliphatic rings. The van der Waals surface area contributed by atoms with Crippen LogP contribution in [0.4, 0.5) is 10.5 Å². The average molecular weight is 464 g/mol. The Morgan fingerprint density at radius 3 is 2.60 bits per heavy atom. The highest BCUT2D eigenvalue weighted by Gasteiger charge is 2.21. The third-order valence-corrected chi connectivity index (χ3v) is 6.11. The number of halogens is 2. The number of hydrogen-bond acceptors (Lipinski definition) is 4. The van der Waals surface area contributed by atoms with Gasteiger partial charge in [-0.2, -0.15) is 0 Å². The van der Waals surface area contributed by atoms with Crippen molar-refractivity contribution >= 4 is 63.2 Å². The Morgan fingerprint density at radius 2 is 1.80 bits per heavy atom. The summed E-state index contributed by atoms with van der Waals surface area (Å²) in [4.78, 5) is 33.7. The number of anilines is 1. The quantitative estimate of drug-likeness (QED) is 0.581. The number of nitrogens with one attached hydrogen (secondary N) is 1. The Morgan fingerprint density at radius 1 is 1.07 bits per heavy atom. The van der Waals surface area contributed by atoms with E-state index in [2.05, 4.69) is 10.3 Å². The number of urea groups is 1. The molecule has 3 heterocycles. The van der Waals surface area contributed by atoms with E-state index in [0.717, 1.165) is 4.96 Å². The van der Waals surface area contributed by atoms with E-state index in [1.165, 1.54) is 17.4 Å². The van der Waals surface area contributed by atoms with Crippen LogP contribution in [0.1, 0.15) is 12.1 Å². The van der Waals surface area contributed by atoms with Crippen LogP contribution in [-0.2, 0) is 4.79 Å². The summed E-state index contributed by atoms with van der Waals surface area (Å²) < 4.78 is 1.85. The summed E-state index contributed by atoms with van der Waals surface area (Å²) >= 11 is 13.5. The molecule has 1 fully saturated rings. The molecule has 2 aromatic heterocycles. The molecule has 7 nitrogen and oxygen atoms in total. The number of amides is 3. The molecule has 30 heavy (non-hydrogen) atoms. The van der Waals surface area contributed by atoms with Crippen molar-refractivity contribution in [1.82, 2.24) is 19.2 Å². The number of hydrogen-bond donors (Lipinski definition) is 1. The van der Waals surface area contributed by atoms with E-state index in [4.69, 9.17) is 23.2 Å². The summed E-state index contributed by atoms with van der Waals surface area (Å²) in [5.74, 6) is -0.115. The van der Waals surface area contributed by atoms with Crippen molar-refractivity contribution in [2.24, 2.45) is 0 Å². The van der Waals surface area contributed by atoms with E-state index < -0.39 is 0 Å². The van der Waals surface area contributed by atoms with E-state index in [9.17, 15) is 9.59 Å². The first-order valence-electron chi connectivity index (χ1n) is 9.41. The van der Waals surface area contributed by atoms with E-state index >= 15 is 0 Å². The predicted octanol–water partition coefficient (Wildman–Crippen LogP) is 4.48. The molecule has 0 unspecified atom stereocenters. The number of carbonyl (C=O) groups excluding carboxylic acids is 2. The van der Waals surface area contributed by atoms with Gasteiger partial charge in [-0.25, -0.2) is 9.78 Å². The summed E-state index contributed by atoms with van der Waals surface area (Å²) in [6, 6.07) is 6.77. The summed E-state index contributed by atoms with van der Waals surface area (Å²) in [6.45, 7) is 2.09. The van der Waals surface area contributed by atoms with Crippen LogP contribution in [0.25, 0.3) is 11.0 Å². The lowest BCUT2D eigenvalue weighted by molar-refractivity contribution is -0.125. The Balaban J connectivity index is 1.36. The van der Waals surface area contributed by atoms with Gasteiger partial charge in [-0.3, -0.25) is 9.20 Å². The van der Waals surface area contributed by atoms with Crippen LogP contribution in [0.5, 0.6) is 0 Å². The largest absolute Gasteiger partial charge is 0.337 e. The Kier molecular flexibility index (Phi) is 6.26. The molecule has 10 heteroatoms. The number of thiazole rings is 1. The SMILES string of the molecule is O=C(/C=C/c1c(Cl)nc2sccn12)N1CCCN(C(=O)Nc2ccc(Cl)cc2)CC1. The Labute approximate surface area is 187 Å². The van der Waals surface area contributed by atoms with Crippen molar-refractivity contribution in [3.8, 4) is 0 Å². The molecule has 0 spiro atoms. The van der Waals surface area contributed by atoms with Crippen LogP contribution < -0.4 is 5.32 Å². The smallest absolute Gasteiger partial charge is 0.321 e. The van der Waals surface area contributed by atoms with Crippen molar-refractivity contribution in [2.75, 3.05) is 31.5 Å². The minimum Gasteiger partial charge on any atom is -0.337 e. The third kappa shape index (κ3) is 4.61. The summed E-state index contributed by atoms with van der Waals surface area (Å²) in [5.41, 5.74) is 1.36. The molecule has 1 aromatic carbocycles. The lowest BCUT2D eigenvalue weighted by Crippen LogP contribution is -2.39. The maximum Gasteiger partial charge on any atom is 0.321 e. The van der Waals surface area contributed by atoms with Crippen molar-refractivity contribution in [2.45, 2.75) is 6.42 Å². The molecule has 3 aromatic rings. The second-order valence-electron chi connectivity index (χ2n) is 6.78.